The van der Waals surface area contributed by atoms with E-state index >= 15 is 0 Å². The number of carbonyl (C=O) groups is 1. The molecule has 1 aliphatic rings. The van der Waals surface area contributed by atoms with Gasteiger partial charge in [-0.1, -0.05) is 25.1 Å². The monoisotopic (exact) mass is 416 g/mol. The molecule has 3 N–H and O–H groups in total. The Labute approximate surface area is 171 Å². The van der Waals surface area contributed by atoms with Gasteiger partial charge in [0.25, 0.3) is 5.91 Å². The van der Waals surface area contributed by atoms with Crippen molar-refractivity contribution in [2.75, 3.05) is 19.6 Å². The van der Waals surface area contributed by atoms with Crippen LogP contribution in [-0.2, 0) is 13.1 Å². The Hall–Kier alpha value is -1.18. The number of amides is 1. The van der Waals surface area contributed by atoms with Crippen molar-refractivity contribution in [2.24, 2.45) is 11.1 Å². The van der Waals surface area contributed by atoms with E-state index in [0.29, 0.717) is 12.1 Å². The zero-order valence-corrected chi connectivity index (χ0v) is 17.3. The SMILES string of the molecule is CC1(CN)CCN(Cc2csc(CNC(=O)c3ccccc3)n2)C1.Cl.Cl. The molecule has 3 rings (SSSR count). The van der Waals surface area contributed by atoms with Crippen LogP contribution in [0.25, 0.3) is 0 Å². The van der Waals surface area contributed by atoms with Gasteiger partial charge in [0.15, 0.2) is 0 Å². The van der Waals surface area contributed by atoms with Crippen LogP contribution in [0.15, 0.2) is 35.7 Å². The molecular formula is C18H26Cl2N4OS. The van der Waals surface area contributed by atoms with Crippen molar-refractivity contribution in [1.29, 1.82) is 0 Å². The van der Waals surface area contributed by atoms with Gasteiger partial charge in [0, 0.05) is 24.0 Å². The van der Waals surface area contributed by atoms with Gasteiger partial charge in [-0.05, 0) is 37.1 Å². The number of hydrogen-bond donors (Lipinski definition) is 2. The molecule has 2 heterocycles. The quantitative estimate of drug-likeness (QED) is 0.758. The number of nitrogens with two attached hydrogens (primary N) is 1. The molecule has 144 valence electrons. The Morgan fingerprint density at radius 1 is 1.35 bits per heavy atom. The maximum absolute atomic E-state index is 12.1. The lowest BCUT2D eigenvalue weighted by Gasteiger charge is -2.22. The molecule has 1 unspecified atom stereocenters. The third-order valence-corrected chi connectivity index (χ3v) is 5.45. The molecule has 0 bridgehead atoms. The van der Waals surface area contributed by atoms with Crippen molar-refractivity contribution in [1.82, 2.24) is 15.2 Å². The lowest BCUT2D eigenvalue weighted by atomic mass is 9.90. The van der Waals surface area contributed by atoms with Crippen LogP contribution >= 0.6 is 36.2 Å². The summed E-state index contributed by atoms with van der Waals surface area (Å²) in [5, 5.41) is 5.95. The molecule has 1 atom stereocenters. The summed E-state index contributed by atoms with van der Waals surface area (Å²) in [5.74, 6) is -0.0643. The smallest absolute Gasteiger partial charge is 0.251 e. The third-order valence-electron chi connectivity index (χ3n) is 4.55. The highest BCUT2D eigenvalue weighted by molar-refractivity contribution is 7.09. The van der Waals surface area contributed by atoms with Gasteiger partial charge >= 0.3 is 0 Å². The Morgan fingerprint density at radius 3 is 2.73 bits per heavy atom. The van der Waals surface area contributed by atoms with Gasteiger partial charge in [-0.3, -0.25) is 9.69 Å². The standard InChI is InChI=1S/C18H24N4OS.2ClH/c1-18(12-19)7-8-22(13-18)10-15-11-24-16(21-15)9-20-17(23)14-5-3-2-4-6-14;;/h2-6,11H,7-10,12-13,19H2,1H3,(H,20,23);2*1H. The second-order valence-corrected chi connectivity index (χ2v) is 7.70. The van der Waals surface area contributed by atoms with Crippen molar-refractivity contribution in [3.8, 4) is 0 Å². The number of rotatable bonds is 6. The summed E-state index contributed by atoms with van der Waals surface area (Å²) >= 11 is 1.60. The van der Waals surface area contributed by atoms with Gasteiger partial charge < -0.3 is 11.1 Å². The number of nitrogens with one attached hydrogen (secondary N) is 1. The molecule has 1 saturated heterocycles. The third kappa shape index (κ3) is 5.93. The van der Waals surface area contributed by atoms with E-state index in [0.717, 1.165) is 43.3 Å². The van der Waals surface area contributed by atoms with Crippen LogP contribution in [0.4, 0.5) is 0 Å². The predicted octanol–water partition coefficient (Wildman–Crippen LogP) is 3.09. The summed E-state index contributed by atoms with van der Waals surface area (Å²) in [6.45, 7) is 6.42. The first-order valence-corrected chi connectivity index (χ1v) is 9.15. The highest BCUT2D eigenvalue weighted by Crippen LogP contribution is 2.29. The van der Waals surface area contributed by atoms with E-state index in [9.17, 15) is 4.79 Å². The Balaban J connectivity index is 0.00000169. The summed E-state index contributed by atoms with van der Waals surface area (Å²) in [7, 11) is 0. The first kappa shape index (κ1) is 22.9. The normalized spacial score (nSPS) is 19.5. The predicted molar refractivity (Wildman–Crippen MR) is 111 cm³/mol. The number of carbonyl (C=O) groups excluding carboxylic acids is 1. The molecule has 0 saturated carbocycles. The molecule has 0 spiro atoms. The van der Waals surface area contributed by atoms with Crippen molar-refractivity contribution < 1.29 is 4.79 Å². The Morgan fingerprint density at radius 2 is 2.08 bits per heavy atom. The maximum atomic E-state index is 12.1. The molecule has 1 amide bonds. The zero-order chi connectivity index (χ0) is 17.0. The van der Waals surface area contributed by atoms with E-state index in [4.69, 9.17) is 5.73 Å². The number of thiazole rings is 1. The van der Waals surface area contributed by atoms with Crippen molar-refractivity contribution in [2.45, 2.75) is 26.4 Å². The molecule has 2 aromatic rings. The van der Waals surface area contributed by atoms with Gasteiger partial charge in [0.05, 0.1) is 12.2 Å². The fourth-order valence-electron chi connectivity index (χ4n) is 3.01. The molecule has 0 aliphatic carbocycles. The molecule has 1 aromatic heterocycles. The second-order valence-electron chi connectivity index (χ2n) is 6.76. The second kappa shape index (κ2) is 10.2. The lowest BCUT2D eigenvalue weighted by Crippen LogP contribution is -2.31. The minimum Gasteiger partial charge on any atom is -0.346 e. The van der Waals surface area contributed by atoms with E-state index in [1.807, 2.05) is 30.3 Å². The minimum atomic E-state index is -0.0643. The van der Waals surface area contributed by atoms with E-state index in [-0.39, 0.29) is 36.1 Å². The number of hydrogen-bond acceptors (Lipinski definition) is 5. The summed E-state index contributed by atoms with van der Waals surface area (Å²) in [6.07, 6.45) is 1.15. The summed E-state index contributed by atoms with van der Waals surface area (Å²) in [5.41, 5.74) is 7.85. The average Bonchev–Trinajstić information content (AvgIpc) is 3.21. The van der Waals surface area contributed by atoms with Crippen LogP contribution in [0.2, 0.25) is 0 Å². The lowest BCUT2D eigenvalue weighted by molar-refractivity contribution is 0.0951. The molecule has 1 aromatic carbocycles. The van der Waals surface area contributed by atoms with Crippen molar-refractivity contribution in [3.05, 3.63) is 52.0 Å². The van der Waals surface area contributed by atoms with Crippen molar-refractivity contribution >= 4 is 42.1 Å². The fraction of sp³-hybridized carbons (Fsp3) is 0.444. The Bertz CT molecular complexity index is 698. The van der Waals surface area contributed by atoms with E-state index in [2.05, 4.69) is 27.5 Å². The minimum absolute atomic E-state index is 0. The van der Waals surface area contributed by atoms with E-state index < -0.39 is 0 Å². The van der Waals surface area contributed by atoms with Gasteiger partial charge in [-0.2, -0.15) is 0 Å². The van der Waals surface area contributed by atoms with Crippen LogP contribution < -0.4 is 11.1 Å². The van der Waals surface area contributed by atoms with Gasteiger partial charge in [-0.15, -0.1) is 36.2 Å². The molecule has 5 nitrogen and oxygen atoms in total. The molecular weight excluding hydrogens is 391 g/mol. The zero-order valence-electron chi connectivity index (χ0n) is 14.8. The average molecular weight is 417 g/mol. The van der Waals surface area contributed by atoms with Gasteiger partial charge in [0.2, 0.25) is 0 Å². The van der Waals surface area contributed by atoms with Gasteiger partial charge in [-0.25, -0.2) is 4.98 Å². The largest absolute Gasteiger partial charge is 0.346 e. The molecule has 1 fully saturated rings. The molecule has 8 heteroatoms. The summed E-state index contributed by atoms with van der Waals surface area (Å²) < 4.78 is 0. The molecule has 26 heavy (non-hydrogen) atoms. The van der Waals surface area contributed by atoms with Crippen LogP contribution in [-0.4, -0.2) is 35.4 Å². The summed E-state index contributed by atoms with van der Waals surface area (Å²) in [4.78, 5) is 19.1. The highest BCUT2D eigenvalue weighted by Gasteiger charge is 2.32. The van der Waals surface area contributed by atoms with E-state index in [1.54, 1.807) is 11.3 Å². The van der Waals surface area contributed by atoms with Crippen LogP contribution in [0.3, 0.4) is 0 Å². The number of likely N-dealkylation sites (tertiary alicyclic amines) is 1. The molecule has 0 radical (unpaired) electrons. The van der Waals surface area contributed by atoms with Crippen LogP contribution in [0, 0.1) is 5.41 Å². The molecule has 1 aliphatic heterocycles. The van der Waals surface area contributed by atoms with Crippen molar-refractivity contribution in [3.63, 3.8) is 0 Å². The first-order chi connectivity index (χ1) is 11.6. The topological polar surface area (TPSA) is 71.2 Å². The van der Waals surface area contributed by atoms with Crippen LogP contribution in [0.5, 0.6) is 0 Å². The highest BCUT2D eigenvalue weighted by atomic mass is 35.5. The number of aromatic nitrogens is 1. The summed E-state index contributed by atoms with van der Waals surface area (Å²) in [6, 6.07) is 9.25. The van der Waals surface area contributed by atoms with Gasteiger partial charge in [0.1, 0.15) is 5.01 Å². The number of nitrogens with zero attached hydrogens (tertiary/aromatic N) is 2. The maximum Gasteiger partial charge on any atom is 0.251 e. The number of benzene rings is 1. The van der Waals surface area contributed by atoms with Crippen LogP contribution in [0.1, 0.15) is 34.4 Å². The number of halogens is 2. The fourth-order valence-corrected chi connectivity index (χ4v) is 3.73. The van der Waals surface area contributed by atoms with E-state index in [1.165, 1.54) is 0 Å². The Kier molecular flexibility index (Phi) is 9.00. The first-order valence-electron chi connectivity index (χ1n) is 8.27.